The van der Waals surface area contributed by atoms with Crippen LogP contribution in [-0.4, -0.2) is 27.4 Å². The molecular weight excluding hydrogens is 368 g/mol. The fourth-order valence-corrected chi connectivity index (χ4v) is 2.92. The van der Waals surface area contributed by atoms with Gasteiger partial charge in [-0.05, 0) is 61.2 Å². The third-order valence-electron chi connectivity index (χ3n) is 4.78. The second kappa shape index (κ2) is 8.26. The summed E-state index contributed by atoms with van der Waals surface area (Å²) in [7, 11) is 1.86. The van der Waals surface area contributed by atoms with Crippen LogP contribution in [0.15, 0.2) is 54.7 Å². The minimum absolute atomic E-state index is 0.0853. The van der Waals surface area contributed by atoms with Gasteiger partial charge in [-0.15, -0.1) is 0 Å². The first kappa shape index (κ1) is 18.9. The van der Waals surface area contributed by atoms with Crippen LogP contribution >= 0.6 is 0 Å². The van der Waals surface area contributed by atoms with Gasteiger partial charge in [-0.1, -0.05) is 0 Å². The predicted octanol–water partition coefficient (Wildman–Crippen LogP) is 3.78. The summed E-state index contributed by atoms with van der Waals surface area (Å²) < 4.78 is 7.43. The Hall–Kier alpha value is -3.48. The summed E-state index contributed by atoms with van der Waals surface area (Å²) >= 11 is 0. The summed E-state index contributed by atoms with van der Waals surface area (Å²) in [6.45, 7) is 1.28. The monoisotopic (exact) mass is 392 g/mol. The Labute approximate surface area is 169 Å². The number of nitrogens with one attached hydrogen (secondary N) is 2. The zero-order valence-corrected chi connectivity index (χ0v) is 16.3. The number of carbonyl (C=O) groups excluding carboxylic acids is 1. The highest BCUT2D eigenvalue weighted by atomic mass is 16.5. The van der Waals surface area contributed by atoms with Crippen LogP contribution in [0.25, 0.3) is 0 Å². The summed E-state index contributed by atoms with van der Waals surface area (Å²) in [5, 5.41) is 20.5. The molecule has 1 aliphatic rings. The maximum Gasteiger partial charge on any atom is 0.259 e. The van der Waals surface area contributed by atoms with Gasteiger partial charge in [0.15, 0.2) is 0 Å². The third kappa shape index (κ3) is 5.07. The molecule has 3 aromatic rings. The Bertz CT molecular complexity index is 994. The highest BCUT2D eigenvalue weighted by Crippen LogP contribution is 2.30. The van der Waals surface area contributed by atoms with E-state index in [0.29, 0.717) is 23.8 Å². The van der Waals surface area contributed by atoms with Gasteiger partial charge in [-0.3, -0.25) is 9.48 Å². The Balaban J connectivity index is 1.33. The fourth-order valence-electron chi connectivity index (χ4n) is 2.92. The average Bonchev–Trinajstić information content (AvgIpc) is 3.45. The van der Waals surface area contributed by atoms with E-state index in [2.05, 4.69) is 15.7 Å². The number of amides is 1. The van der Waals surface area contributed by atoms with Crippen LogP contribution in [0.1, 0.15) is 28.9 Å². The summed E-state index contributed by atoms with van der Waals surface area (Å²) in [6.07, 6.45) is 4.36. The van der Waals surface area contributed by atoms with Gasteiger partial charge in [0, 0.05) is 30.7 Å². The standard InChI is InChI=1S/C22H24N4O3/c1-26-11-10-18(25-26)13-23-17-6-9-20(21(27)12-17)22(28)24-16-4-7-19(8-5-16)29-14-15-2-3-15/h4-12,15,23,27H,2-3,13-14H2,1H3,(H,24,28). The molecule has 0 unspecified atom stereocenters. The number of carbonyl (C=O) groups is 1. The van der Waals surface area contributed by atoms with Crippen LogP contribution in [0.4, 0.5) is 11.4 Å². The molecule has 0 bridgehead atoms. The number of aromatic nitrogens is 2. The molecule has 3 N–H and O–H groups in total. The molecule has 150 valence electrons. The van der Waals surface area contributed by atoms with Crippen molar-refractivity contribution in [1.29, 1.82) is 0 Å². The lowest BCUT2D eigenvalue weighted by Gasteiger charge is -2.10. The Morgan fingerprint density at radius 3 is 2.59 bits per heavy atom. The van der Waals surface area contributed by atoms with Gasteiger partial charge in [-0.2, -0.15) is 5.10 Å². The highest BCUT2D eigenvalue weighted by Gasteiger charge is 2.21. The first-order valence-corrected chi connectivity index (χ1v) is 9.66. The summed E-state index contributed by atoms with van der Waals surface area (Å²) in [6, 6.07) is 14.1. The number of aryl methyl sites for hydroxylation is 1. The molecule has 4 rings (SSSR count). The van der Waals surface area contributed by atoms with E-state index in [4.69, 9.17) is 4.74 Å². The van der Waals surface area contributed by atoms with Crippen LogP contribution in [0.5, 0.6) is 11.5 Å². The molecule has 7 nitrogen and oxygen atoms in total. The van der Waals surface area contributed by atoms with Gasteiger partial charge in [0.1, 0.15) is 11.5 Å². The van der Waals surface area contributed by atoms with Crippen molar-refractivity contribution in [3.05, 3.63) is 66.0 Å². The number of hydrogen-bond donors (Lipinski definition) is 3. The number of benzene rings is 2. The normalized spacial score (nSPS) is 13.1. The van der Waals surface area contributed by atoms with Crippen molar-refractivity contribution in [3.63, 3.8) is 0 Å². The van der Waals surface area contributed by atoms with E-state index in [1.54, 1.807) is 28.9 Å². The van der Waals surface area contributed by atoms with Crippen molar-refractivity contribution in [3.8, 4) is 11.5 Å². The minimum Gasteiger partial charge on any atom is -0.507 e. The average molecular weight is 392 g/mol. The first-order chi connectivity index (χ1) is 14.1. The van der Waals surface area contributed by atoms with Crippen molar-refractivity contribution in [1.82, 2.24) is 9.78 Å². The quantitative estimate of drug-likeness (QED) is 0.543. The molecule has 0 saturated heterocycles. The SMILES string of the molecule is Cn1ccc(CNc2ccc(C(=O)Nc3ccc(OCC4CC4)cc3)c(O)c2)n1. The lowest BCUT2D eigenvalue weighted by atomic mass is 10.1. The zero-order chi connectivity index (χ0) is 20.2. The number of hydrogen-bond acceptors (Lipinski definition) is 5. The molecule has 0 spiro atoms. The van der Waals surface area contributed by atoms with Crippen LogP contribution in [-0.2, 0) is 13.6 Å². The summed E-state index contributed by atoms with van der Waals surface area (Å²) in [5.41, 5.74) is 2.45. The van der Waals surface area contributed by atoms with Gasteiger partial charge in [0.2, 0.25) is 0 Å². The smallest absolute Gasteiger partial charge is 0.259 e. The van der Waals surface area contributed by atoms with Crippen molar-refractivity contribution >= 4 is 17.3 Å². The Morgan fingerprint density at radius 1 is 1.17 bits per heavy atom. The lowest BCUT2D eigenvalue weighted by Crippen LogP contribution is -2.12. The molecule has 1 aromatic heterocycles. The Kier molecular flexibility index (Phi) is 5.37. The minimum atomic E-state index is -0.370. The van der Waals surface area contributed by atoms with E-state index in [0.717, 1.165) is 18.1 Å². The van der Waals surface area contributed by atoms with Crippen LogP contribution in [0.3, 0.4) is 0 Å². The number of anilines is 2. The van der Waals surface area contributed by atoms with Gasteiger partial charge in [-0.25, -0.2) is 0 Å². The molecule has 29 heavy (non-hydrogen) atoms. The molecule has 1 saturated carbocycles. The number of ether oxygens (including phenoxy) is 1. The van der Waals surface area contributed by atoms with E-state index in [9.17, 15) is 9.90 Å². The van der Waals surface area contributed by atoms with E-state index < -0.39 is 0 Å². The van der Waals surface area contributed by atoms with E-state index in [1.165, 1.54) is 18.9 Å². The third-order valence-corrected chi connectivity index (χ3v) is 4.78. The molecule has 1 amide bonds. The van der Waals surface area contributed by atoms with Crippen LogP contribution in [0, 0.1) is 5.92 Å². The molecule has 2 aromatic carbocycles. The summed E-state index contributed by atoms with van der Waals surface area (Å²) in [5.74, 6) is 1.03. The van der Waals surface area contributed by atoms with Gasteiger partial charge >= 0.3 is 0 Å². The van der Waals surface area contributed by atoms with Crippen molar-refractivity contribution in [2.45, 2.75) is 19.4 Å². The molecular formula is C22H24N4O3. The number of rotatable bonds is 8. The van der Waals surface area contributed by atoms with Crippen LogP contribution in [0.2, 0.25) is 0 Å². The molecule has 1 fully saturated rings. The number of phenols is 1. The lowest BCUT2D eigenvalue weighted by molar-refractivity contribution is 0.102. The van der Waals surface area contributed by atoms with Crippen molar-refractivity contribution < 1.29 is 14.6 Å². The number of phenolic OH excluding ortho intramolecular Hbond substituents is 1. The topological polar surface area (TPSA) is 88.4 Å². The maximum atomic E-state index is 12.5. The predicted molar refractivity (Wildman–Crippen MR) is 111 cm³/mol. The van der Waals surface area contributed by atoms with Crippen molar-refractivity contribution in [2.24, 2.45) is 13.0 Å². The Morgan fingerprint density at radius 2 is 1.93 bits per heavy atom. The van der Waals surface area contributed by atoms with Gasteiger partial charge in [0.05, 0.1) is 24.4 Å². The largest absolute Gasteiger partial charge is 0.507 e. The first-order valence-electron chi connectivity index (χ1n) is 9.66. The fraction of sp³-hybridized carbons (Fsp3) is 0.273. The van der Waals surface area contributed by atoms with E-state index in [-0.39, 0.29) is 17.2 Å². The molecule has 0 radical (unpaired) electrons. The van der Waals surface area contributed by atoms with Gasteiger partial charge in [0.25, 0.3) is 5.91 Å². The van der Waals surface area contributed by atoms with E-state index >= 15 is 0 Å². The zero-order valence-electron chi connectivity index (χ0n) is 16.3. The molecule has 7 heteroatoms. The second-order valence-corrected chi connectivity index (χ2v) is 7.30. The van der Waals surface area contributed by atoms with Crippen LogP contribution < -0.4 is 15.4 Å². The molecule has 1 aliphatic carbocycles. The van der Waals surface area contributed by atoms with E-state index in [1.807, 2.05) is 31.4 Å². The highest BCUT2D eigenvalue weighted by molar-refractivity contribution is 6.06. The number of aromatic hydroxyl groups is 1. The number of nitrogens with zero attached hydrogens (tertiary/aromatic N) is 2. The molecule has 0 atom stereocenters. The van der Waals surface area contributed by atoms with Gasteiger partial charge < -0.3 is 20.5 Å². The molecule has 1 heterocycles. The summed E-state index contributed by atoms with van der Waals surface area (Å²) in [4.78, 5) is 12.5. The maximum absolute atomic E-state index is 12.5. The van der Waals surface area contributed by atoms with Crippen molar-refractivity contribution in [2.75, 3.05) is 17.2 Å². The second-order valence-electron chi connectivity index (χ2n) is 7.30. The molecule has 0 aliphatic heterocycles.